The normalized spacial score (nSPS) is 12.2. The monoisotopic (exact) mass is 1730 g/mol. The van der Waals surface area contributed by atoms with E-state index in [0.29, 0.717) is 11.8 Å². The van der Waals surface area contributed by atoms with Crippen LogP contribution >= 0.6 is 11.3 Å². The predicted molar refractivity (Wildman–Crippen MR) is 562 cm³/mol. The fourth-order valence-electron chi connectivity index (χ4n) is 20.6. The zero-order chi connectivity index (χ0) is 88.9. The van der Waals surface area contributed by atoms with Gasteiger partial charge in [0, 0.05) is 115 Å². The van der Waals surface area contributed by atoms with Gasteiger partial charge < -0.3 is 13.7 Å². The summed E-state index contributed by atoms with van der Waals surface area (Å²) in [6, 6.07) is 165. The largest absolute Gasteiger partial charge is 0.309 e. The smallest absolute Gasteiger partial charge is 0.235 e. The first-order valence-corrected chi connectivity index (χ1v) is 46.5. The van der Waals surface area contributed by atoms with E-state index in [9.17, 15) is 0 Å². The lowest BCUT2D eigenvalue weighted by Gasteiger charge is -2.22. The second kappa shape index (κ2) is 32.7. The van der Waals surface area contributed by atoms with Crippen LogP contribution in [0.1, 0.15) is 25.0 Å². The zero-order valence-electron chi connectivity index (χ0n) is 73.5. The number of hydrogen-bond donors (Lipinski definition) is 0. The predicted octanol–water partition coefficient (Wildman–Crippen LogP) is 33.0. The molecule has 0 aliphatic heterocycles. The average Bonchev–Trinajstić information content (AvgIpc) is 1.56. The van der Waals surface area contributed by atoms with Crippen LogP contribution < -0.4 is 0 Å². The Labute approximate surface area is 778 Å². The molecule has 134 heavy (non-hydrogen) atoms. The fourth-order valence-corrected chi connectivity index (χ4v) is 21.7. The number of aromatic nitrogens is 8. The van der Waals surface area contributed by atoms with E-state index in [-0.39, 0.29) is 5.41 Å². The van der Waals surface area contributed by atoms with Crippen molar-refractivity contribution in [3.05, 3.63) is 485 Å². The number of fused-ring (bicyclic) bond motifs is 18. The SMILES string of the molecule is CC1(C)c2ccccc2-c2ccc(-c3ccc4sc5ccc(-n6c7ccccc7c7ccccc76)cc5c4c3)cc21.c1ccc(-c2ccc(-c3cccc(-c4ccnc(-c5ccc(-n6c7ccccc7c7ccccc76)cc5)n4)c3)cc2)cc1.c1ccc(-c2ccc(-c3ccnc(-n4c5ccccc5c5cc(-c6ccc7c(c6)c6ccccc6n7-c6ccccc6)ccc54)n3)cc2)cc1. The van der Waals surface area contributed by atoms with E-state index >= 15 is 0 Å². The highest BCUT2D eigenvalue weighted by molar-refractivity contribution is 7.25. The first-order chi connectivity index (χ1) is 66.2. The van der Waals surface area contributed by atoms with Gasteiger partial charge in [0.2, 0.25) is 5.95 Å². The molecular formula is C125H84N8S. The molecule has 0 saturated carbocycles. The Bertz CT molecular complexity index is 8970. The van der Waals surface area contributed by atoms with Crippen molar-refractivity contribution >= 4 is 119 Å². The van der Waals surface area contributed by atoms with Gasteiger partial charge in [-0.15, -0.1) is 11.3 Å². The van der Waals surface area contributed by atoms with Crippen LogP contribution in [0, 0.1) is 0 Å². The van der Waals surface area contributed by atoms with Gasteiger partial charge in [-0.3, -0.25) is 4.57 Å². The summed E-state index contributed by atoms with van der Waals surface area (Å²) in [6.07, 6.45) is 3.71. The van der Waals surface area contributed by atoms with Crippen LogP contribution in [0.25, 0.3) is 231 Å². The van der Waals surface area contributed by atoms with Gasteiger partial charge in [-0.25, -0.2) is 19.9 Å². The van der Waals surface area contributed by atoms with Gasteiger partial charge in [-0.05, 0) is 230 Å². The highest BCUT2D eigenvalue weighted by Crippen LogP contribution is 2.51. The van der Waals surface area contributed by atoms with Crippen molar-refractivity contribution in [1.29, 1.82) is 0 Å². The molecule has 0 spiro atoms. The maximum Gasteiger partial charge on any atom is 0.235 e. The molecule has 0 radical (unpaired) electrons. The summed E-state index contributed by atoms with van der Waals surface area (Å²) < 4.78 is 11.9. The maximum absolute atomic E-state index is 5.11. The molecule has 1 aliphatic rings. The Hall–Kier alpha value is -17.2. The molecule has 7 aromatic heterocycles. The molecule has 630 valence electrons. The minimum atomic E-state index is -0.00166. The summed E-state index contributed by atoms with van der Waals surface area (Å²) in [5.41, 5.74) is 35.5. The highest BCUT2D eigenvalue weighted by Gasteiger charge is 2.35. The van der Waals surface area contributed by atoms with Crippen molar-refractivity contribution in [3.8, 4) is 124 Å². The van der Waals surface area contributed by atoms with Crippen molar-refractivity contribution in [3.63, 3.8) is 0 Å². The van der Waals surface area contributed by atoms with Crippen molar-refractivity contribution in [2.45, 2.75) is 19.3 Å². The molecule has 7 heterocycles. The van der Waals surface area contributed by atoms with E-state index in [1.165, 1.54) is 174 Å². The third-order valence-corrected chi connectivity index (χ3v) is 28.3. The second-order valence-electron chi connectivity index (χ2n) is 35.2. The number of thiophene rings is 1. The first-order valence-electron chi connectivity index (χ1n) is 45.7. The first kappa shape index (κ1) is 79.0. The molecule has 0 saturated heterocycles. The van der Waals surface area contributed by atoms with Crippen LogP contribution in [-0.4, -0.2) is 38.2 Å². The molecule has 26 aromatic rings. The number of hydrogen-bond acceptors (Lipinski definition) is 5. The number of benzene rings is 19. The lowest BCUT2D eigenvalue weighted by Crippen LogP contribution is -2.14. The average molecular weight is 1730 g/mol. The van der Waals surface area contributed by atoms with Crippen LogP contribution in [0.15, 0.2) is 473 Å². The van der Waals surface area contributed by atoms with Crippen molar-refractivity contribution in [2.75, 3.05) is 0 Å². The Balaban J connectivity index is 0.000000108. The van der Waals surface area contributed by atoms with Gasteiger partial charge in [0.1, 0.15) is 0 Å². The maximum atomic E-state index is 5.11. The molecular weight excluding hydrogens is 1650 g/mol. The Morgan fingerprint density at radius 3 is 1.10 bits per heavy atom. The third kappa shape index (κ3) is 13.7. The summed E-state index contributed by atoms with van der Waals surface area (Å²) >= 11 is 1.88. The van der Waals surface area contributed by atoms with Crippen LogP contribution in [0.5, 0.6) is 0 Å². The van der Waals surface area contributed by atoms with E-state index in [4.69, 9.17) is 15.0 Å². The third-order valence-electron chi connectivity index (χ3n) is 27.1. The van der Waals surface area contributed by atoms with Gasteiger partial charge in [0.25, 0.3) is 0 Å². The Morgan fingerprint density at radius 1 is 0.201 bits per heavy atom. The second-order valence-corrected chi connectivity index (χ2v) is 36.3. The number of rotatable bonds is 12. The molecule has 0 bridgehead atoms. The molecule has 0 N–H and O–H groups in total. The quantitative estimate of drug-likeness (QED) is 0.122. The molecule has 27 rings (SSSR count). The molecule has 8 nitrogen and oxygen atoms in total. The van der Waals surface area contributed by atoms with Gasteiger partial charge in [-0.1, -0.05) is 323 Å². The van der Waals surface area contributed by atoms with Crippen LogP contribution in [-0.2, 0) is 5.41 Å². The zero-order valence-corrected chi connectivity index (χ0v) is 74.3. The lowest BCUT2D eigenvalue weighted by molar-refractivity contribution is 0.660. The molecule has 9 heteroatoms. The van der Waals surface area contributed by atoms with Crippen LogP contribution in [0.4, 0.5) is 0 Å². The molecule has 0 atom stereocenters. The Kier molecular flexibility index (Phi) is 19.3. The standard InChI is InChI=1S/C46H30N4.C40H27N3.C39H27NS/c1-3-11-31(12-4-1)32-19-21-33(22-20-32)41-27-28-47-46(48-41)50-43-18-10-8-16-38(43)40-30-35(24-26-45(40)50)34-23-25-44-39(29-34)37-15-7-9-17-42(37)49(44)36-13-5-2-6-14-36;1-2-9-28(10-3-1)29-17-19-30(20-18-29)32-11-8-12-33(27-32)37-25-26-41-40(42-37)31-21-23-34(24-22-31)43-38-15-6-4-13-35(38)36-14-5-7-16-39(36)43;1-39(2)33-12-6-3-9-27(33)28-18-15-25(22-34(28)39)24-16-19-37-31(21-24)32-23-26(17-20-38(32)41-37)40-35-13-7-4-10-29(35)30-11-5-8-14-36(30)40/h1-30H;1-27H;3-23H,1-2H3. The molecule has 1 aliphatic carbocycles. The minimum absolute atomic E-state index is 0.00166. The fraction of sp³-hybridized carbons (Fsp3) is 0.0240. The van der Waals surface area contributed by atoms with E-state index in [2.05, 4.69) is 474 Å². The minimum Gasteiger partial charge on any atom is -0.309 e. The van der Waals surface area contributed by atoms with E-state index < -0.39 is 0 Å². The Morgan fingerprint density at radius 2 is 0.545 bits per heavy atom. The van der Waals surface area contributed by atoms with E-state index in [1.807, 2.05) is 48.0 Å². The molecule has 0 fully saturated rings. The van der Waals surface area contributed by atoms with Crippen molar-refractivity contribution in [1.82, 2.24) is 38.2 Å². The molecule has 0 amide bonds. The van der Waals surface area contributed by atoms with Gasteiger partial charge in [0.15, 0.2) is 5.82 Å². The van der Waals surface area contributed by atoms with Crippen molar-refractivity contribution in [2.24, 2.45) is 0 Å². The van der Waals surface area contributed by atoms with E-state index in [0.717, 1.165) is 56.0 Å². The summed E-state index contributed by atoms with van der Waals surface area (Å²) in [5.74, 6) is 1.37. The number of para-hydroxylation sites is 7. The molecule has 19 aromatic carbocycles. The summed E-state index contributed by atoms with van der Waals surface area (Å²) in [4.78, 5) is 19.5. The lowest BCUT2D eigenvalue weighted by atomic mass is 9.81. The number of nitrogens with zero attached hydrogens (tertiary/aromatic N) is 8. The van der Waals surface area contributed by atoms with Gasteiger partial charge in [-0.2, -0.15) is 0 Å². The van der Waals surface area contributed by atoms with Gasteiger partial charge >= 0.3 is 0 Å². The topological polar surface area (TPSA) is 71.3 Å². The molecule has 0 unspecified atom stereocenters. The van der Waals surface area contributed by atoms with E-state index in [1.54, 1.807) is 0 Å². The van der Waals surface area contributed by atoms with Crippen LogP contribution in [0.2, 0.25) is 0 Å². The van der Waals surface area contributed by atoms with Crippen molar-refractivity contribution < 1.29 is 0 Å². The summed E-state index contributed by atoms with van der Waals surface area (Å²) in [5, 5.41) is 12.6. The van der Waals surface area contributed by atoms with Crippen LogP contribution in [0.3, 0.4) is 0 Å². The van der Waals surface area contributed by atoms with Gasteiger partial charge in [0.05, 0.1) is 55.5 Å². The summed E-state index contributed by atoms with van der Waals surface area (Å²) in [7, 11) is 0. The highest BCUT2D eigenvalue weighted by atomic mass is 32.1. The summed E-state index contributed by atoms with van der Waals surface area (Å²) in [6.45, 7) is 4.71.